The maximum atomic E-state index is 11.5. The first-order valence-electron chi connectivity index (χ1n) is 13.0. The van der Waals surface area contributed by atoms with Crippen molar-refractivity contribution in [2.24, 2.45) is 0 Å². The molecule has 1 aromatic carbocycles. The normalized spacial score (nSPS) is 22.5. The number of carboxylic acid groups (broad SMARTS) is 1. The molecule has 39 heavy (non-hydrogen) atoms. The second kappa shape index (κ2) is 9.92. The minimum Gasteiger partial charge on any atom is -0.477 e. The molecular formula is C27H24Cl2N4O5S. The van der Waals surface area contributed by atoms with Crippen LogP contribution in [0.25, 0.3) is 22.7 Å². The number of carbonyl (C=O) groups is 1. The molecule has 3 aliphatic rings. The molecule has 3 aromatic heterocycles. The number of benzene rings is 1. The number of halogens is 2. The number of piperidine rings is 1. The lowest BCUT2D eigenvalue weighted by atomic mass is 9.99. The minimum absolute atomic E-state index is 0.0529. The summed E-state index contributed by atoms with van der Waals surface area (Å²) in [6.45, 7) is 0.374. The minimum atomic E-state index is -1.00. The van der Waals surface area contributed by atoms with Gasteiger partial charge in [0, 0.05) is 29.1 Å². The van der Waals surface area contributed by atoms with Gasteiger partial charge in [0.1, 0.15) is 16.3 Å². The molecule has 9 nitrogen and oxygen atoms in total. The number of aromatic carboxylic acids is 1. The molecule has 2 aliphatic heterocycles. The summed E-state index contributed by atoms with van der Waals surface area (Å²) < 4.78 is 17.8. The molecule has 4 aromatic rings. The van der Waals surface area contributed by atoms with Crippen LogP contribution in [0.1, 0.15) is 65.4 Å². The molecule has 1 saturated carbocycles. The largest absolute Gasteiger partial charge is 0.477 e. The van der Waals surface area contributed by atoms with E-state index in [4.69, 9.17) is 37.0 Å². The third kappa shape index (κ3) is 4.53. The van der Waals surface area contributed by atoms with E-state index in [-0.39, 0.29) is 29.0 Å². The predicted molar refractivity (Wildman–Crippen MR) is 146 cm³/mol. The van der Waals surface area contributed by atoms with Gasteiger partial charge in [0.05, 0.1) is 28.3 Å². The average molecular weight is 587 g/mol. The standard InChI is InChI=1S/C27H24Cl2N4O5S/c28-19-2-1-3-20(29)21(19)22-18(23(37-31-22)13-4-5-13)12-36-16-10-14-6-7-15(11-16)33(14)27-30-25(38-32-27)17-8-9-39-24(17)26(34)35/h1-3,8-9,13-16H,4-7,10-12H2,(H,34,35). The van der Waals surface area contributed by atoms with Crippen molar-refractivity contribution < 1.29 is 23.7 Å². The van der Waals surface area contributed by atoms with Crippen molar-refractivity contribution in [3.63, 3.8) is 0 Å². The molecule has 202 valence electrons. The lowest BCUT2D eigenvalue weighted by Crippen LogP contribution is -2.46. The number of hydrogen-bond donors (Lipinski definition) is 1. The number of anilines is 1. The molecule has 0 radical (unpaired) electrons. The van der Waals surface area contributed by atoms with Gasteiger partial charge in [-0.2, -0.15) is 4.98 Å². The second-order valence-corrected chi connectivity index (χ2v) is 12.0. The second-order valence-electron chi connectivity index (χ2n) is 10.3. The quantitative estimate of drug-likeness (QED) is 0.232. The highest BCUT2D eigenvalue weighted by Crippen LogP contribution is 2.47. The van der Waals surface area contributed by atoms with E-state index in [1.165, 1.54) is 0 Å². The molecule has 5 heterocycles. The molecule has 1 N–H and O–H groups in total. The van der Waals surface area contributed by atoms with E-state index >= 15 is 0 Å². The number of nitrogens with zero attached hydrogens (tertiary/aromatic N) is 4. The van der Waals surface area contributed by atoms with Crippen molar-refractivity contribution in [2.45, 2.75) is 69.2 Å². The van der Waals surface area contributed by atoms with Gasteiger partial charge < -0.3 is 23.8 Å². The Morgan fingerprint density at radius 3 is 2.51 bits per heavy atom. The Morgan fingerprint density at radius 2 is 1.82 bits per heavy atom. The van der Waals surface area contributed by atoms with Gasteiger partial charge in [0.2, 0.25) is 0 Å². The highest BCUT2D eigenvalue weighted by atomic mass is 35.5. The Balaban J connectivity index is 1.08. The van der Waals surface area contributed by atoms with Crippen molar-refractivity contribution in [1.29, 1.82) is 0 Å². The van der Waals surface area contributed by atoms with Crippen LogP contribution in [0, 0.1) is 0 Å². The Bertz CT molecular complexity index is 1510. The van der Waals surface area contributed by atoms with Gasteiger partial charge in [-0.3, -0.25) is 0 Å². The van der Waals surface area contributed by atoms with Crippen LogP contribution < -0.4 is 4.90 Å². The molecule has 2 bridgehead atoms. The van der Waals surface area contributed by atoms with Crippen LogP contribution in [0.5, 0.6) is 0 Å². The van der Waals surface area contributed by atoms with Crippen LogP contribution in [0.3, 0.4) is 0 Å². The molecule has 2 atom stereocenters. The van der Waals surface area contributed by atoms with Gasteiger partial charge in [-0.25, -0.2) is 4.79 Å². The summed E-state index contributed by atoms with van der Waals surface area (Å²) in [5, 5.41) is 20.8. The molecule has 3 fully saturated rings. The summed E-state index contributed by atoms with van der Waals surface area (Å²) in [6.07, 6.45) is 5.87. The number of carboxylic acids is 1. The lowest BCUT2D eigenvalue weighted by Gasteiger charge is -2.37. The number of ether oxygens (including phenoxy) is 1. The van der Waals surface area contributed by atoms with Crippen LogP contribution in [0.4, 0.5) is 5.95 Å². The van der Waals surface area contributed by atoms with Gasteiger partial charge in [-0.05, 0) is 67.3 Å². The van der Waals surface area contributed by atoms with Gasteiger partial charge in [0.15, 0.2) is 0 Å². The maximum absolute atomic E-state index is 11.5. The molecular weight excluding hydrogens is 563 g/mol. The van der Waals surface area contributed by atoms with E-state index < -0.39 is 5.97 Å². The zero-order chi connectivity index (χ0) is 26.7. The van der Waals surface area contributed by atoms with E-state index in [9.17, 15) is 9.90 Å². The maximum Gasteiger partial charge on any atom is 0.346 e. The molecule has 1 aliphatic carbocycles. The first-order chi connectivity index (χ1) is 19.0. The fourth-order valence-electron chi connectivity index (χ4n) is 5.91. The van der Waals surface area contributed by atoms with Crippen LogP contribution in [-0.4, -0.2) is 44.6 Å². The summed E-state index contributed by atoms with van der Waals surface area (Å²) in [6, 6.07) is 7.54. The van der Waals surface area contributed by atoms with Gasteiger partial charge in [-0.1, -0.05) is 34.4 Å². The Labute approximate surface area is 237 Å². The number of thiophene rings is 1. The summed E-state index contributed by atoms with van der Waals surface area (Å²) >= 11 is 14.2. The van der Waals surface area contributed by atoms with Gasteiger partial charge >= 0.3 is 5.97 Å². The van der Waals surface area contributed by atoms with E-state index in [1.54, 1.807) is 23.6 Å². The SMILES string of the molecule is O=C(O)c1sccc1-c1nc(N2C3CCC2CC(OCc2c(-c4c(Cl)cccc4Cl)noc2C2CC2)C3)no1. The highest BCUT2D eigenvalue weighted by Gasteiger charge is 2.44. The van der Waals surface area contributed by atoms with Gasteiger partial charge in [0.25, 0.3) is 11.8 Å². The average Bonchev–Trinajstić information content (AvgIpc) is 3.24. The van der Waals surface area contributed by atoms with E-state index in [2.05, 4.69) is 20.2 Å². The summed E-state index contributed by atoms with van der Waals surface area (Å²) in [5.41, 5.74) is 2.71. The van der Waals surface area contributed by atoms with Crippen LogP contribution in [0.15, 0.2) is 38.7 Å². The molecule has 0 spiro atoms. The van der Waals surface area contributed by atoms with E-state index in [0.29, 0.717) is 45.3 Å². The zero-order valence-corrected chi connectivity index (χ0v) is 23.0. The van der Waals surface area contributed by atoms with Crippen molar-refractivity contribution in [2.75, 3.05) is 4.90 Å². The third-order valence-electron chi connectivity index (χ3n) is 7.86. The molecule has 2 unspecified atom stereocenters. The highest BCUT2D eigenvalue weighted by molar-refractivity contribution is 7.12. The predicted octanol–water partition coefficient (Wildman–Crippen LogP) is 7.05. The monoisotopic (exact) mass is 586 g/mol. The number of fused-ring (bicyclic) bond motifs is 2. The zero-order valence-electron chi connectivity index (χ0n) is 20.7. The van der Waals surface area contributed by atoms with Crippen LogP contribution >= 0.6 is 34.5 Å². The Kier molecular flexibility index (Phi) is 6.38. The van der Waals surface area contributed by atoms with Crippen LogP contribution in [0.2, 0.25) is 10.0 Å². The van der Waals surface area contributed by atoms with Crippen LogP contribution in [-0.2, 0) is 11.3 Å². The van der Waals surface area contributed by atoms with E-state index in [0.717, 1.165) is 61.2 Å². The smallest absolute Gasteiger partial charge is 0.346 e. The van der Waals surface area contributed by atoms with Gasteiger partial charge in [-0.15, -0.1) is 11.3 Å². The number of rotatable bonds is 8. The topological polar surface area (TPSA) is 115 Å². The van der Waals surface area contributed by atoms with Crippen molar-refractivity contribution in [1.82, 2.24) is 15.3 Å². The summed E-state index contributed by atoms with van der Waals surface area (Å²) in [7, 11) is 0. The number of hydrogen-bond acceptors (Lipinski definition) is 9. The first-order valence-corrected chi connectivity index (χ1v) is 14.6. The first kappa shape index (κ1) is 25.1. The van der Waals surface area contributed by atoms with Crippen molar-refractivity contribution >= 4 is 46.5 Å². The van der Waals surface area contributed by atoms with E-state index in [1.807, 2.05) is 6.07 Å². The van der Waals surface area contributed by atoms with Crippen molar-refractivity contribution in [3.05, 3.63) is 55.9 Å². The fraction of sp³-hybridized carbons (Fsp3) is 0.407. The Hall–Kier alpha value is -2.92. The Morgan fingerprint density at radius 1 is 1.08 bits per heavy atom. The summed E-state index contributed by atoms with van der Waals surface area (Å²) in [5.74, 6) is 0.961. The third-order valence-corrected chi connectivity index (χ3v) is 9.39. The molecule has 2 saturated heterocycles. The lowest BCUT2D eigenvalue weighted by molar-refractivity contribution is 0.0144. The number of aromatic nitrogens is 3. The molecule has 7 rings (SSSR count). The molecule has 0 amide bonds. The molecule has 12 heteroatoms. The summed E-state index contributed by atoms with van der Waals surface area (Å²) in [4.78, 5) is 18.5. The fourth-order valence-corrected chi connectivity index (χ4v) is 7.21. The van der Waals surface area contributed by atoms with Crippen molar-refractivity contribution in [3.8, 4) is 22.7 Å².